The predicted molar refractivity (Wildman–Crippen MR) is 242 cm³/mol. The Hall–Kier alpha value is -4.11. The van der Waals surface area contributed by atoms with Crippen LogP contribution in [-0.2, 0) is 45.5 Å². The van der Waals surface area contributed by atoms with E-state index in [0.717, 1.165) is 37.1 Å². The van der Waals surface area contributed by atoms with Crippen LogP contribution >= 0.6 is 24.0 Å². The molecular formula is C43H65N5O12S3. The van der Waals surface area contributed by atoms with Gasteiger partial charge in [0.2, 0.25) is 11.8 Å². The second kappa shape index (κ2) is 24.8. The molecule has 1 aliphatic heterocycles. The number of hydrogen-bond donors (Lipinski definition) is 5. The molecular weight excluding hydrogens is 875 g/mol. The Morgan fingerprint density at radius 1 is 1.10 bits per heavy atom. The van der Waals surface area contributed by atoms with Gasteiger partial charge in [-0.25, -0.2) is 4.98 Å². The Morgan fingerprint density at radius 2 is 1.79 bits per heavy atom. The monoisotopic (exact) mass is 939 g/mol. The van der Waals surface area contributed by atoms with Crippen molar-refractivity contribution in [3.05, 3.63) is 39.8 Å². The van der Waals surface area contributed by atoms with Crippen LogP contribution in [-0.4, -0.2) is 113 Å². The van der Waals surface area contributed by atoms with E-state index in [9.17, 15) is 46.8 Å². The highest BCUT2D eigenvalue weighted by molar-refractivity contribution is 7.81. The van der Waals surface area contributed by atoms with Crippen molar-refractivity contribution in [1.82, 2.24) is 20.1 Å². The van der Waals surface area contributed by atoms with E-state index in [1.807, 2.05) is 34.7 Å². The molecule has 2 unspecified atom stereocenters. The molecule has 0 saturated carbocycles. The van der Waals surface area contributed by atoms with Crippen molar-refractivity contribution in [2.45, 2.75) is 130 Å². The largest absolute Gasteiger partial charge is 0.481 e. The van der Waals surface area contributed by atoms with Gasteiger partial charge in [-0.05, 0) is 81.0 Å². The van der Waals surface area contributed by atoms with E-state index in [4.69, 9.17) is 4.74 Å². The van der Waals surface area contributed by atoms with Gasteiger partial charge in [-0.15, -0.1) is 11.3 Å². The predicted octanol–water partition coefficient (Wildman–Crippen LogP) is 6.01. The van der Waals surface area contributed by atoms with Crippen LogP contribution in [0.2, 0.25) is 0 Å². The number of aromatic nitrogens is 1. The number of carbonyl (C=O) groups excluding carboxylic acids is 5. The Kier molecular flexibility index (Phi) is 21.0. The summed E-state index contributed by atoms with van der Waals surface area (Å²) >= 11 is 5.19. The fraction of sp³-hybridized carbons (Fsp3) is 0.651. The molecule has 1 aliphatic rings. The maximum absolute atomic E-state index is 14.3. The van der Waals surface area contributed by atoms with Crippen LogP contribution in [0.25, 0.3) is 0 Å². The fourth-order valence-electron chi connectivity index (χ4n) is 7.82. The van der Waals surface area contributed by atoms with Crippen molar-refractivity contribution in [3.63, 3.8) is 0 Å². The number of esters is 1. The molecule has 2 aromatic rings. The van der Waals surface area contributed by atoms with Crippen LogP contribution in [0.3, 0.4) is 0 Å². The molecule has 0 bridgehead atoms. The second-order valence-corrected chi connectivity index (χ2v) is 19.2. The number of carboxylic acids is 1. The molecule has 1 saturated heterocycles. The average molecular weight is 940 g/mol. The number of nitrogens with one attached hydrogen (secondary N) is 2. The Labute approximate surface area is 380 Å². The van der Waals surface area contributed by atoms with Gasteiger partial charge in [-0.2, -0.15) is 21.0 Å². The first kappa shape index (κ1) is 53.2. The highest BCUT2D eigenvalue weighted by Crippen LogP contribution is 2.33. The lowest BCUT2D eigenvalue weighted by molar-refractivity contribution is -0.149. The lowest BCUT2D eigenvalue weighted by Gasteiger charge is -2.37. The topological polar surface area (TPSA) is 239 Å². The summed E-state index contributed by atoms with van der Waals surface area (Å²) in [6.07, 6.45) is 3.31. The van der Waals surface area contributed by atoms with Gasteiger partial charge in [-0.3, -0.25) is 38.2 Å². The molecule has 4 N–H and O–H groups in total. The number of anilines is 1. The SMILES string of the molecule is CC[C@H](C)[C@H](CC(=O)C1CCCCN1C)C(=O)N(C)[C@H](C[C@@H](OC(C)=O)c1nc(C(=O)N[C@@H](Cc2ccc(OS(=O)(=O)O)c(NC(=O)CCCS)c2)CC(C)C(=O)O)cs1)C(C)C. The Bertz CT molecular complexity index is 2010. The number of aliphatic carboxylic acids is 1. The zero-order chi connectivity index (χ0) is 47.2. The van der Waals surface area contributed by atoms with E-state index in [1.165, 1.54) is 37.4 Å². The molecule has 1 fully saturated rings. The van der Waals surface area contributed by atoms with Crippen molar-refractivity contribution >= 4 is 75.5 Å². The maximum Gasteiger partial charge on any atom is 0.446 e. The summed E-state index contributed by atoms with van der Waals surface area (Å²) in [7, 11) is -1.30. The summed E-state index contributed by atoms with van der Waals surface area (Å²) in [6, 6.07) is 2.59. The lowest BCUT2D eigenvalue weighted by atomic mass is 9.83. The number of piperidine rings is 1. The number of Topliss-reactive ketones (excluding diaryl/α,β-unsaturated/α-hetero) is 1. The second-order valence-electron chi connectivity index (χ2n) is 16.9. The molecule has 0 spiro atoms. The van der Waals surface area contributed by atoms with Crippen LogP contribution in [0.5, 0.6) is 5.75 Å². The van der Waals surface area contributed by atoms with Crippen LogP contribution in [0, 0.1) is 23.7 Å². The molecule has 20 heteroatoms. The zero-order valence-electron chi connectivity index (χ0n) is 37.5. The fourth-order valence-corrected chi connectivity index (χ4v) is 9.19. The van der Waals surface area contributed by atoms with Crippen LogP contribution in [0.4, 0.5) is 5.69 Å². The van der Waals surface area contributed by atoms with Crippen molar-refractivity contribution in [1.29, 1.82) is 0 Å². The summed E-state index contributed by atoms with van der Waals surface area (Å²) in [5, 5.41) is 17.0. The van der Waals surface area contributed by atoms with E-state index in [-0.39, 0.29) is 78.8 Å². The number of carbonyl (C=O) groups is 6. The molecule has 17 nitrogen and oxygen atoms in total. The number of likely N-dealkylation sites (tertiary alicyclic amines) is 1. The number of rotatable bonds is 25. The van der Waals surface area contributed by atoms with Crippen molar-refractivity contribution in [2.24, 2.45) is 23.7 Å². The smallest absolute Gasteiger partial charge is 0.446 e. The summed E-state index contributed by atoms with van der Waals surface area (Å²) in [5.41, 5.74) is 0.357. The van der Waals surface area contributed by atoms with Crippen molar-refractivity contribution in [2.75, 3.05) is 31.7 Å². The number of nitrogens with zero attached hydrogens (tertiary/aromatic N) is 3. The minimum absolute atomic E-state index is 0.0253. The van der Waals surface area contributed by atoms with Gasteiger partial charge < -0.3 is 29.6 Å². The summed E-state index contributed by atoms with van der Waals surface area (Å²) in [6.45, 7) is 11.5. The van der Waals surface area contributed by atoms with Crippen LogP contribution in [0.15, 0.2) is 23.6 Å². The first-order chi connectivity index (χ1) is 29.5. The van der Waals surface area contributed by atoms with Crippen LogP contribution in [0.1, 0.15) is 126 Å². The molecule has 0 aliphatic carbocycles. The minimum Gasteiger partial charge on any atom is -0.481 e. The van der Waals surface area contributed by atoms with Crippen LogP contribution < -0.4 is 14.8 Å². The van der Waals surface area contributed by atoms with Gasteiger partial charge in [0.15, 0.2) is 17.6 Å². The third-order valence-electron chi connectivity index (χ3n) is 11.6. The van der Waals surface area contributed by atoms with Crippen molar-refractivity contribution in [3.8, 4) is 5.75 Å². The number of benzene rings is 1. The molecule has 3 amide bonds. The van der Waals surface area contributed by atoms with E-state index in [2.05, 4.69) is 37.3 Å². The number of likely N-dealkylation sites (N-methyl/N-ethyl adjacent to an activating group) is 1. The number of ether oxygens (including phenoxy) is 1. The van der Waals surface area contributed by atoms with Gasteiger partial charge in [-0.1, -0.05) is 53.5 Å². The Balaban J connectivity index is 1.88. The van der Waals surface area contributed by atoms with Gasteiger partial charge in [0.25, 0.3) is 5.91 Å². The van der Waals surface area contributed by atoms with E-state index in [0.29, 0.717) is 29.2 Å². The molecule has 2 heterocycles. The molecule has 63 heavy (non-hydrogen) atoms. The van der Waals surface area contributed by atoms with Gasteiger partial charge in [0.1, 0.15) is 10.7 Å². The van der Waals surface area contributed by atoms with E-state index >= 15 is 0 Å². The average Bonchev–Trinajstić information content (AvgIpc) is 3.71. The number of amides is 3. The first-order valence-corrected chi connectivity index (χ1v) is 24.3. The summed E-state index contributed by atoms with van der Waals surface area (Å²) in [4.78, 5) is 87.0. The van der Waals surface area contributed by atoms with Gasteiger partial charge >= 0.3 is 22.3 Å². The van der Waals surface area contributed by atoms with Gasteiger partial charge in [0.05, 0.1) is 17.6 Å². The number of ketones is 1. The number of hydrogen-bond acceptors (Lipinski definition) is 14. The highest BCUT2D eigenvalue weighted by Gasteiger charge is 2.38. The number of thiazole rings is 1. The zero-order valence-corrected chi connectivity index (χ0v) is 40.0. The quantitative estimate of drug-likeness (QED) is 0.0436. The lowest BCUT2D eigenvalue weighted by Crippen LogP contribution is -2.48. The molecule has 1 aromatic heterocycles. The third kappa shape index (κ3) is 16.8. The highest BCUT2D eigenvalue weighted by atomic mass is 32.3. The normalized spacial score (nSPS) is 17.4. The first-order valence-electron chi connectivity index (χ1n) is 21.4. The van der Waals surface area contributed by atoms with Gasteiger partial charge in [0, 0.05) is 56.6 Å². The summed E-state index contributed by atoms with van der Waals surface area (Å²) < 4.78 is 42.9. The van der Waals surface area contributed by atoms with E-state index in [1.54, 1.807) is 11.9 Å². The molecule has 1 aromatic carbocycles. The standard InChI is InChI=1S/C43H65N5O12S3/c1-9-26(4)31(22-36(50)34-13-10-11-17-47(34)7)42(53)48(8)35(25(2)3)23-38(59-28(6)49)41-46-33(24-62-41)40(52)44-30(19-27(5)43(54)55)20-29-15-16-37(60-63(56,57)58)32(21-29)45-39(51)14-12-18-61/h15-16,21,24-27,30-31,34-35,38,61H,9-14,17-20,22-23H2,1-8H3,(H,44,52)(H,45,51)(H,54,55)(H,56,57,58)/t26-,27?,30+,31-,34?,35+,38+/m0/s1. The van der Waals surface area contributed by atoms with Crippen molar-refractivity contribution < 1.29 is 55.8 Å². The molecule has 352 valence electrons. The number of carboxylic acid groups (broad SMARTS) is 1. The minimum atomic E-state index is -4.96. The van der Waals surface area contributed by atoms with E-state index < -0.39 is 64.2 Å². The summed E-state index contributed by atoms with van der Waals surface area (Å²) in [5.74, 6) is -4.47. The number of thiol groups is 1. The molecule has 0 radical (unpaired) electrons. The molecule has 7 atom stereocenters. The maximum atomic E-state index is 14.3. The third-order valence-corrected chi connectivity index (χ3v) is 13.2. The molecule has 3 rings (SSSR count). The Morgan fingerprint density at radius 3 is 2.38 bits per heavy atom.